The van der Waals surface area contributed by atoms with Crippen LogP contribution in [0, 0.1) is 29.1 Å². The second-order valence-electron chi connectivity index (χ2n) is 12.1. The van der Waals surface area contributed by atoms with Gasteiger partial charge in [0.2, 0.25) is 0 Å². The first kappa shape index (κ1) is 27.5. The standard InChI is InChI=1S/C31H36O8/c1-17-13-23-29(36,26(17)35)15-21(16-32)14-22-25-28(4,5)31(25,39-19(3)33)27(18(2)30(22,23)37)38-24(34)12-11-20-9-7-6-8-10-20/h6-14,18,22-23,25,27,32,36-37H,15-16H2,1-5H3/b12-11+/t18-,22+,23-,25-,27-,29-,30-,31-/m1/s1. The van der Waals surface area contributed by atoms with Gasteiger partial charge in [-0.05, 0) is 29.7 Å². The van der Waals surface area contributed by atoms with E-state index in [-0.39, 0.29) is 6.42 Å². The number of rotatable bonds is 5. The maximum absolute atomic E-state index is 13.2. The lowest BCUT2D eigenvalue weighted by molar-refractivity contribution is -0.226. The first-order valence-electron chi connectivity index (χ1n) is 13.4. The van der Waals surface area contributed by atoms with E-state index in [0.29, 0.717) is 11.1 Å². The number of aliphatic hydroxyl groups is 3. The third-order valence-electron chi connectivity index (χ3n) is 9.73. The number of carbonyl (C=O) groups excluding carboxylic acids is 3. The van der Waals surface area contributed by atoms with Gasteiger partial charge in [-0.25, -0.2) is 4.79 Å². The molecule has 0 amide bonds. The number of hydrogen-bond acceptors (Lipinski definition) is 8. The lowest BCUT2D eigenvalue weighted by Crippen LogP contribution is -2.66. The zero-order valence-corrected chi connectivity index (χ0v) is 22.9. The Morgan fingerprint density at radius 2 is 1.79 bits per heavy atom. The number of ketones is 1. The second kappa shape index (κ2) is 8.98. The van der Waals surface area contributed by atoms with Crippen molar-refractivity contribution in [1.82, 2.24) is 0 Å². The van der Waals surface area contributed by atoms with Gasteiger partial charge in [0.1, 0.15) is 11.7 Å². The van der Waals surface area contributed by atoms with Crippen molar-refractivity contribution in [3.05, 3.63) is 65.3 Å². The van der Waals surface area contributed by atoms with E-state index in [4.69, 9.17) is 9.47 Å². The number of Topliss-reactive ketones (excluding diaryl/α,β-unsaturated/α-hetero) is 1. The maximum atomic E-state index is 13.2. The van der Waals surface area contributed by atoms with Crippen LogP contribution in [0.15, 0.2) is 59.7 Å². The summed E-state index contributed by atoms with van der Waals surface area (Å²) < 4.78 is 12.1. The number of fused-ring (bicyclic) bond motifs is 5. The quantitative estimate of drug-likeness (QED) is 0.298. The molecule has 4 aliphatic carbocycles. The van der Waals surface area contributed by atoms with Crippen LogP contribution >= 0.6 is 0 Å². The van der Waals surface area contributed by atoms with E-state index < -0.39 is 76.3 Å². The van der Waals surface area contributed by atoms with Crippen molar-refractivity contribution in [2.24, 2.45) is 29.1 Å². The molecule has 8 atom stereocenters. The number of esters is 2. The third-order valence-corrected chi connectivity index (χ3v) is 9.73. The van der Waals surface area contributed by atoms with Crippen LogP contribution in [-0.2, 0) is 23.9 Å². The normalized spacial score (nSPS) is 40.0. The highest BCUT2D eigenvalue weighted by Crippen LogP contribution is 2.77. The molecule has 0 spiro atoms. The predicted octanol–water partition coefficient (Wildman–Crippen LogP) is 2.77. The first-order chi connectivity index (χ1) is 18.2. The molecule has 0 saturated heterocycles. The van der Waals surface area contributed by atoms with Gasteiger partial charge >= 0.3 is 11.9 Å². The minimum absolute atomic E-state index is 0.135. The minimum atomic E-state index is -1.96. The van der Waals surface area contributed by atoms with Gasteiger partial charge < -0.3 is 24.8 Å². The summed E-state index contributed by atoms with van der Waals surface area (Å²) in [7, 11) is 0. The number of aliphatic hydroxyl groups excluding tert-OH is 1. The van der Waals surface area contributed by atoms with Crippen molar-refractivity contribution in [3.63, 3.8) is 0 Å². The number of hydrogen-bond donors (Lipinski definition) is 3. The lowest BCUT2D eigenvalue weighted by atomic mass is 9.59. The molecule has 0 aromatic heterocycles. The predicted molar refractivity (Wildman–Crippen MR) is 142 cm³/mol. The summed E-state index contributed by atoms with van der Waals surface area (Å²) in [5.74, 6) is -4.82. The molecule has 2 fully saturated rings. The molecule has 0 bridgehead atoms. The Balaban J connectivity index is 1.63. The van der Waals surface area contributed by atoms with Gasteiger partial charge in [0, 0.05) is 48.5 Å². The van der Waals surface area contributed by atoms with Gasteiger partial charge in [-0.1, -0.05) is 63.3 Å². The molecule has 2 saturated carbocycles. The zero-order chi connectivity index (χ0) is 28.5. The van der Waals surface area contributed by atoms with Crippen molar-refractivity contribution >= 4 is 23.8 Å². The van der Waals surface area contributed by atoms with Crippen molar-refractivity contribution < 1.29 is 39.2 Å². The largest absolute Gasteiger partial charge is 0.455 e. The number of benzene rings is 1. The Morgan fingerprint density at radius 1 is 1.13 bits per heavy atom. The van der Waals surface area contributed by atoms with Crippen LogP contribution in [0.1, 0.15) is 46.6 Å². The van der Waals surface area contributed by atoms with E-state index >= 15 is 0 Å². The van der Waals surface area contributed by atoms with Gasteiger partial charge in [-0.15, -0.1) is 0 Å². The van der Waals surface area contributed by atoms with Crippen LogP contribution in [0.2, 0.25) is 0 Å². The van der Waals surface area contributed by atoms with E-state index in [1.807, 2.05) is 44.2 Å². The van der Waals surface area contributed by atoms with Crippen molar-refractivity contribution in [2.45, 2.75) is 63.9 Å². The molecule has 1 aromatic carbocycles. The molecule has 0 radical (unpaired) electrons. The van der Waals surface area contributed by atoms with Crippen LogP contribution in [0.4, 0.5) is 0 Å². The van der Waals surface area contributed by atoms with Crippen molar-refractivity contribution in [3.8, 4) is 0 Å². The number of carbonyl (C=O) groups is 3. The summed E-state index contributed by atoms with van der Waals surface area (Å²) in [6, 6.07) is 9.23. The molecule has 208 valence electrons. The van der Waals surface area contributed by atoms with E-state index in [1.165, 1.54) is 13.0 Å². The fraction of sp³-hybridized carbons (Fsp3) is 0.516. The fourth-order valence-corrected chi connectivity index (χ4v) is 7.95. The second-order valence-corrected chi connectivity index (χ2v) is 12.1. The van der Waals surface area contributed by atoms with Crippen molar-refractivity contribution in [2.75, 3.05) is 6.61 Å². The van der Waals surface area contributed by atoms with Crippen LogP contribution in [0.5, 0.6) is 0 Å². The van der Waals surface area contributed by atoms with Gasteiger partial charge in [-0.3, -0.25) is 9.59 Å². The Kier molecular flexibility index (Phi) is 6.33. The monoisotopic (exact) mass is 536 g/mol. The highest BCUT2D eigenvalue weighted by molar-refractivity contribution is 6.04. The van der Waals surface area contributed by atoms with Gasteiger partial charge in [-0.2, -0.15) is 0 Å². The summed E-state index contributed by atoms with van der Waals surface area (Å²) in [6.45, 7) is 7.97. The van der Waals surface area contributed by atoms with E-state index in [2.05, 4.69) is 0 Å². The van der Waals surface area contributed by atoms with E-state index in [0.717, 1.165) is 5.56 Å². The molecular formula is C31H36O8. The zero-order valence-electron chi connectivity index (χ0n) is 22.9. The van der Waals surface area contributed by atoms with Crippen LogP contribution < -0.4 is 0 Å². The summed E-state index contributed by atoms with van der Waals surface area (Å²) >= 11 is 0. The third kappa shape index (κ3) is 3.72. The fourth-order valence-electron chi connectivity index (χ4n) is 7.95. The Bertz CT molecular complexity index is 1310. The summed E-state index contributed by atoms with van der Waals surface area (Å²) in [5.41, 5.74) is -4.16. The minimum Gasteiger partial charge on any atom is -0.455 e. The Hall–Kier alpha value is -3.07. The van der Waals surface area contributed by atoms with Gasteiger partial charge in [0.05, 0.1) is 12.2 Å². The molecular weight excluding hydrogens is 500 g/mol. The van der Waals surface area contributed by atoms with Crippen LogP contribution in [0.25, 0.3) is 6.08 Å². The summed E-state index contributed by atoms with van der Waals surface area (Å²) in [6.07, 6.45) is 5.03. The molecule has 39 heavy (non-hydrogen) atoms. The van der Waals surface area contributed by atoms with Gasteiger partial charge in [0.15, 0.2) is 11.4 Å². The Labute approximate surface area is 228 Å². The van der Waals surface area contributed by atoms with Gasteiger partial charge in [0.25, 0.3) is 0 Å². The number of ether oxygens (including phenoxy) is 2. The maximum Gasteiger partial charge on any atom is 0.331 e. The van der Waals surface area contributed by atoms with Crippen LogP contribution in [-0.4, -0.2) is 62.6 Å². The molecule has 8 heteroatoms. The van der Waals surface area contributed by atoms with E-state index in [9.17, 15) is 29.7 Å². The Morgan fingerprint density at radius 3 is 2.41 bits per heavy atom. The summed E-state index contributed by atoms with van der Waals surface area (Å²) in [4.78, 5) is 38.8. The molecule has 5 rings (SSSR count). The van der Waals surface area contributed by atoms with Crippen molar-refractivity contribution in [1.29, 1.82) is 0 Å². The van der Waals surface area contributed by atoms with E-state index in [1.54, 1.807) is 32.1 Å². The average molecular weight is 537 g/mol. The molecule has 0 unspecified atom stereocenters. The summed E-state index contributed by atoms with van der Waals surface area (Å²) in [5, 5.41) is 34.6. The van der Waals surface area contributed by atoms with Crippen LogP contribution in [0.3, 0.4) is 0 Å². The molecule has 1 aromatic rings. The molecule has 4 aliphatic rings. The smallest absolute Gasteiger partial charge is 0.331 e. The topological polar surface area (TPSA) is 130 Å². The SMILES string of the molecule is CC(=O)O[C@@]12[C@H](OC(=O)/C=C/c3ccccc3)[C@@H](C)[C@@]3(O)[C@@H](C=C(CO)C[C@]4(O)C(=O)C(C)=C[C@@H]34)[C@@H]1C2(C)C. The lowest BCUT2D eigenvalue weighted by Gasteiger charge is -2.53. The highest BCUT2D eigenvalue weighted by atomic mass is 16.6. The molecule has 0 aliphatic heterocycles. The molecule has 0 heterocycles. The average Bonchev–Trinajstić information content (AvgIpc) is 3.31. The first-order valence-corrected chi connectivity index (χ1v) is 13.4. The molecule has 8 nitrogen and oxygen atoms in total. The highest BCUT2D eigenvalue weighted by Gasteiger charge is 2.87. The molecule has 3 N–H and O–H groups in total.